The molecule has 0 radical (unpaired) electrons. The molecule has 0 fully saturated rings. The number of hydrogen-bond donors (Lipinski definition) is 0. The van der Waals surface area contributed by atoms with E-state index in [0.717, 1.165) is 30.4 Å². The maximum atomic E-state index is 12.3. The minimum absolute atomic E-state index is 0.0734. The first-order valence-electron chi connectivity index (χ1n) is 5.85. The van der Waals surface area contributed by atoms with Crippen molar-refractivity contribution in [3.05, 3.63) is 53.4 Å². The second-order valence-corrected chi connectivity index (χ2v) is 4.49. The van der Waals surface area contributed by atoms with Crippen LogP contribution in [0.15, 0.2) is 41.2 Å². The third kappa shape index (κ3) is 1.88. The van der Waals surface area contributed by atoms with E-state index in [-0.39, 0.29) is 11.7 Å². The molecule has 1 aliphatic rings. The monoisotopic (exact) mass is 227 g/mol. The van der Waals surface area contributed by atoms with Crippen LogP contribution in [-0.2, 0) is 12.8 Å². The molecule has 3 nitrogen and oxygen atoms in total. The smallest absolute Gasteiger partial charge is 0.166 e. The highest BCUT2D eigenvalue weighted by atomic mass is 16.5. The molecule has 0 amide bonds. The number of aromatic nitrogens is 1. The fourth-order valence-corrected chi connectivity index (χ4v) is 2.47. The Bertz CT molecular complexity index is 531. The summed E-state index contributed by atoms with van der Waals surface area (Å²) in [5, 5.41) is 3.67. The lowest BCUT2D eigenvalue weighted by Gasteiger charge is -2.22. The highest BCUT2D eigenvalue weighted by molar-refractivity contribution is 6.00. The average Bonchev–Trinajstić information content (AvgIpc) is 2.86. The Hall–Kier alpha value is -1.90. The molecule has 0 N–H and O–H groups in total. The van der Waals surface area contributed by atoms with E-state index in [4.69, 9.17) is 4.52 Å². The van der Waals surface area contributed by atoms with Gasteiger partial charge in [0.25, 0.3) is 0 Å². The van der Waals surface area contributed by atoms with Crippen LogP contribution in [0.5, 0.6) is 0 Å². The van der Waals surface area contributed by atoms with Crippen LogP contribution in [0, 0.1) is 5.92 Å². The number of ketones is 1. The van der Waals surface area contributed by atoms with Crippen molar-refractivity contribution in [1.82, 2.24) is 5.16 Å². The van der Waals surface area contributed by atoms with Crippen molar-refractivity contribution in [2.45, 2.75) is 19.3 Å². The second-order valence-electron chi connectivity index (χ2n) is 4.49. The Balaban J connectivity index is 1.84. The van der Waals surface area contributed by atoms with Crippen LogP contribution in [0.1, 0.15) is 27.9 Å². The van der Waals surface area contributed by atoms with Crippen molar-refractivity contribution in [3.63, 3.8) is 0 Å². The Morgan fingerprint density at radius 2 is 2.24 bits per heavy atom. The van der Waals surface area contributed by atoms with E-state index >= 15 is 0 Å². The molecule has 0 aliphatic heterocycles. The number of benzene rings is 1. The molecule has 17 heavy (non-hydrogen) atoms. The van der Waals surface area contributed by atoms with E-state index in [1.807, 2.05) is 24.3 Å². The van der Waals surface area contributed by atoms with E-state index in [9.17, 15) is 4.79 Å². The van der Waals surface area contributed by atoms with Gasteiger partial charge in [0.2, 0.25) is 0 Å². The summed E-state index contributed by atoms with van der Waals surface area (Å²) >= 11 is 0. The van der Waals surface area contributed by atoms with Crippen LogP contribution in [0.25, 0.3) is 0 Å². The largest absolute Gasteiger partial charge is 0.364 e. The van der Waals surface area contributed by atoms with Crippen LogP contribution in [-0.4, -0.2) is 10.9 Å². The fraction of sp³-hybridized carbons (Fsp3) is 0.286. The molecule has 2 aromatic rings. The zero-order valence-corrected chi connectivity index (χ0v) is 9.43. The van der Waals surface area contributed by atoms with Gasteiger partial charge in [0.1, 0.15) is 6.26 Å². The number of carbonyl (C=O) groups excluding carboxylic acids is 1. The number of rotatable bonds is 2. The number of aryl methyl sites for hydroxylation is 1. The lowest BCUT2D eigenvalue weighted by Crippen LogP contribution is -2.24. The van der Waals surface area contributed by atoms with Gasteiger partial charge >= 0.3 is 0 Å². The summed E-state index contributed by atoms with van der Waals surface area (Å²) in [6.07, 6.45) is 5.94. The number of hydrogen-bond acceptors (Lipinski definition) is 3. The maximum Gasteiger partial charge on any atom is 0.166 e. The Morgan fingerprint density at radius 1 is 1.35 bits per heavy atom. The molecule has 1 aromatic heterocycles. The number of Topliss-reactive ketones (excluding diaryl/α,β-unsaturated/α-hetero) is 1. The summed E-state index contributed by atoms with van der Waals surface area (Å²) in [4.78, 5) is 12.3. The van der Waals surface area contributed by atoms with Gasteiger partial charge in [-0.15, -0.1) is 0 Å². The SMILES string of the molecule is O=C1c2ccccc2CCC1Cc1cnoc1. The third-order valence-electron chi connectivity index (χ3n) is 3.38. The highest BCUT2D eigenvalue weighted by Crippen LogP contribution is 2.27. The molecule has 1 aromatic carbocycles. The predicted octanol–water partition coefficient (Wildman–Crippen LogP) is 2.66. The first-order chi connectivity index (χ1) is 8.34. The summed E-state index contributed by atoms with van der Waals surface area (Å²) in [6.45, 7) is 0. The molecule has 0 saturated heterocycles. The second kappa shape index (κ2) is 4.17. The molecule has 0 saturated carbocycles. The molecule has 1 aliphatic carbocycles. The van der Waals surface area contributed by atoms with E-state index in [2.05, 4.69) is 5.16 Å². The van der Waals surface area contributed by atoms with Crippen molar-refractivity contribution in [2.24, 2.45) is 5.92 Å². The van der Waals surface area contributed by atoms with Gasteiger partial charge in [-0.1, -0.05) is 29.4 Å². The zero-order chi connectivity index (χ0) is 11.7. The lowest BCUT2D eigenvalue weighted by molar-refractivity contribution is 0.0901. The van der Waals surface area contributed by atoms with Gasteiger partial charge in [-0.25, -0.2) is 0 Å². The standard InChI is InChI=1S/C14H13NO2/c16-14-12(7-10-8-15-17-9-10)6-5-11-3-1-2-4-13(11)14/h1-4,8-9,12H,5-7H2. The lowest BCUT2D eigenvalue weighted by atomic mass is 9.80. The summed E-state index contributed by atoms with van der Waals surface area (Å²) in [5.41, 5.74) is 3.07. The molecule has 86 valence electrons. The Labute approximate surface area is 99.4 Å². The van der Waals surface area contributed by atoms with Gasteiger partial charge in [0.05, 0.1) is 6.20 Å². The normalized spacial score (nSPS) is 19.1. The van der Waals surface area contributed by atoms with Crippen molar-refractivity contribution < 1.29 is 9.32 Å². The van der Waals surface area contributed by atoms with Crippen molar-refractivity contribution in [2.75, 3.05) is 0 Å². The summed E-state index contributed by atoms with van der Waals surface area (Å²) in [5.74, 6) is 0.331. The molecular formula is C14H13NO2. The van der Waals surface area contributed by atoms with Crippen molar-refractivity contribution in [3.8, 4) is 0 Å². The number of nitrogens with zero attached hydrogens (tertiary/aromatic N) is 1. The topological polar surface area (TPSA) is 43.1 Å². The molecule has 1 unspecified atom stereocenters. The van der Waals surface area contributed by atoms with Gasteiger partial charge < -0.3 is 4.52 Å². The van der Waals surface area contributed by atoms with Crippen LogP contribution in [0.4, 0.5) is 0 Å². The van der Waals surface area contributed by atoms with Crippen LogP contribution >= 0.6 is 0 Å². The molecule has 3 rings (SSSR count). The van der Waals surface area contributed by atoms with Crippen LogP contribution < -0.4 is 0 Å². The molecule has 1 heterocycles. The van der Waals surface area contributed by atoms with Crippen molar-refractivity contribution >= 4 is 5.78 Å². The van der Waals surface area contributed by atoms with Crippen LogP contribution in [0.2, 0.25) is 0 Å². The van der Waals surface area contributed by atoms with E-state index < -0.39 is 0 Å². The van der Waals surface area contributed by atoms with Gasteiger partial charge in [-0.3, -0.25) is 4.79 Å². The van der Waals surface area contributed by atoms with Crippen molar-refractivity contribution in [1.29, 1.82) is 0 Å². The summed E-state index contributed by atoms with van der Waals surface area (Å²) in [7, 11) is 0. The first-order valence-corrected chi connectivity index (χ1v) is 5.85. The molecule has 1 atom stereocenters. The van der Waals surface area contributed by atoms with Gasteiger partial charge in [-0.05, 0) is 24.8 Å². The van der Waals surface area contributed by atoms with Crippen LogP contribution in [0.3, 0.4) is 0 Å². The van der Waals surface area contributed by atoms with Gasteiger partial charge in [0.15, 0.2) is 5.78 Å². The predicted molar refractivity (Wildman–Crippen MR) is 62.8 cm³/mol. The molecule has 3 heteroatoms. The molecule has 0 spiro atoms. The quantitative estimate of drug-likeness (QED) is 0.792. The Morgan fingerprint density at radius 3 is 3.06 bits per heavy atom. The van der Waals surface area contributed by atoms with Gasteiger partial charge in [0, 0.05) is 17.0 Å². The minimum atomic E-state index is 0.0734. The summed E-state index contributed by atoms with van der Waals surface area (Å²) in [6, 6.07) is 7.89. The van der Waals surface area contributed by atoms with E-state index in [1.54, 1.807) is 12.5 Å². The van der Waals surface area contributed by atoms with E-state index in [0.29, 0.717) is 0 Å². The fourth-order valence-electron chi connectivity index (χ4n) is 2.47. The van der Waals surface area contributed by atoms with Gasteiger partial charge in [-0.2, -0.15) is 0 Å². The number of fused-ring (bicyclic) bond motifs is 1. The van der Waals surface area contributed by atoms with E-state index in [1.165, 1.54) is 5.56 Å². The Kier molecular flexibility index (Phi) is 2.52. The molecular weight excluding hydrogens is 214 g/mol. The highest BCUT2D eigenvalue weighted by Gasteiger charge is 2.27. The maximum absolute atomic E-state index is 12.3. The third-order valence-corrected chi connectivity index (χ3v) is 3.38. The number of carbonyl (C=O) groups is 1. The molecule has 0 bridgehead atoms. The average molecular weight is 227 g/mol. The first kappa shape index (κ1) is 10.3. The summed E-state index contributed by atoms with van der Waals surface area (Å²) < 4.78 is 4.80. The zero-order valence-electron chi connectivity index (χ0n) is 9.43. The minimum Gasteiger partial charge on any atom is -0.364 e.